The van der Waals surface area contributed by atoms with Crippen LogP contribution < -0.4 is 15.1 Å². The van der Waals surface area contributed by atoms with Crippen molar-refractivity contribution in [2.45, 2.75) is 6.92 Å². The first-order chi connectivity index (χ1) is 13.2. The van der Waals surface area contributed by atoms with Gasteiger partial charge in [-0.05, 0) is 36.8 Å². The van der Waals surface area contributed by atoms with Crippen molar-refractivity contribution >= 4 is 34.9 Å². The summed E-state index contributed by atoms with van der Waals surface area (Å²) >= 11 is 6.09. The van der Waals surface area contributed by atoms with E-state index < -0.39 is 0 Å². The number of rotatable bonds is 4. The van der Waals surface area contributed by atoms with Gasteiger partial charge in [0.15, 0.2) is 5.82 Å². The number of nitrogens with zero attached hydrogens (tertiary/aromatic N) is 6. The average molecular weight is 382 g/mol. The van der Waals surface area contributed by atoms with Gasteiger partial charge in [0.2, 0.25) is 5.95 Å². The quantitative estimate of drug-likeness (QED) is 0.743. The van der Waals surface area contributed by atoms with Gasteiger partial charge in [-0.25, -0.2) is 4.98 Å². The minimum Gasteiger partial charge on any atom is -0.353 e. The molecule has 4 rings (SSSR count). The molecular weight excluding hydrogens is 362 g/mol. The number of halogens is 1. The van der Waals surface area contributed by atoms with E-state index in [2.05, 4.69) is 35.3 Å². The zero-order chi connectivity index (χ0) is 18.6. The number of benzene rings is 1. The molecule has 27 heavy (non-hydrogen) atoms. The maximum atomic E-state index is 6.09. The standard InChI is InChI=1S/C19H20ClN7/c1-14-5-6-15(20)12-16(14)23-17-13-22-25-19(24-17)27-10-8-26(9-11-27)18-4-2-3-7-21-18/h2-7,12-13H,8-11H2,1H3,(H,23,24,25). The van der Waals surface area contributed by atoms with Crippen molar-refractivity contribution in [1.82, 2.24) is 20.2 Å². The monoisotopic (exact) mass is 381 g/mol. The predicted octanol–water partition coefficient (Wildman–Crippen LogP) is 3.30. The molecule has 1 aliphatic rings. The molecule has 2 aromatic heterocycles. The van der Waals surface area contributed by atoms with E-state index in [9.17, 15) is 0 Å². The van der Waals surface area contributed by atoms with Crippen molar-refractivity contribution < 1.29 is 0 Å². The van der Waals surface area contributed by atoms with Gasteiger partial charge in [-0.15, -0.1) is 5.10 Å². The number of aromatic nitrogens is 4. The summed E-state index contributed by atoms with van der Waals surface area (Å²) in [5, 5.41) is 12.3. The number of anilines is 4. The summed E-state index contributed by atoms with van der Waals surface area (Å²) < 4.78 is 0. The molecule has 0 radical (unpaired) electrons. The summed E-state index contributed by atoms with van der Waals surface area (Å²) in [4.78, 5) is 13.5. The highest BCUT2D eigenvalue weighted by molar-refractivity contribution is 6.30. The molecule has 7 nitrogen and oxygen atoms in total. The Morgan fingerprint density at radius 1 is 1.04 bits per heavy atom. The third-order valence-corrected chi connectivity index (χ3v) is 4.78. The molecular formula is C19H20ClN7. The normalized spacial score (nSPS) is 14.3. The smallest absolute Gasteiger partial charge is 0.247 e. The molecule has 3 heterocycles. The van der Waals surface area contributed by atoms with Crippen molar-refractivity contribution in [3.8, 4) is 0 Å². The largest absolute Gasteiger partial charge is 0.353 e. The summed E-state index contributed by atoms with van der Waals surface area (Å²) in [6.45, 7) is 5.39. The van der Waals surface area contributed by atoms with E-state index in [4.69, 9.17) is 11.6 Å². The highest BCUT2D eigenvalue weighted by Crippen LogP contribution is 2.24. The first-order valence-corrected chi connectivity index (χ1v) is 9.21. The summed E-state index contributed by atoms with van der Waals surface area (Å²) in [6, 6.07) is 11.7. The minimum atomic E-state index is 0.625. The van der Waals surface area contributed by atoms with Gasteiger partial charge in [0.05, 0.1) is 6.20 Å². The third-order valence-electron chi connectivity index (χ3n) is 4.55. The molecule has 1 saturated heterocycles. The van der Waals surface area contributed by atoms with Crippen LogP contribution in [0.1, 0.15) is 5.56 Å². The Bertz CT molecular complexity index is 911. The van der Waals surface area contributed by atoms with Crippen LogP contribution in [0.4, 0.5) is 23.3 Å². The third kappa shape index (κ3) is 4.09. The van der Waals surface area contributed by atoms with Crippen molar-refractivity contribution in [2.24, 2.45) is 0 Å². The van der Waals surface area contributed by atoms with Crippen molar-refractivity contribution in [3.63, 3.8) is 0 Å². The maximum Gasteiger partial charge on any atom is 0.247 e. The number of piperazine rings is 1. The topological polar surface area (TPSA) is 70.1 Å². The number of hydrogen-bond donors (Lipinski definition) is 1. The van der Waals surface area contributed by atoms with Crippen LogP contribution in [0.15, 0.2) is 48.8 Å². The van der Waals surface area contributed by atoms with Crippen molar-refractivity contribution in [3.05, 3.63) is 59.4 Å². The molecule has 0 amide bonds. The summed E-state index contributed by atoms with van der Waals surface area (Å²) in [6.07, 6.45) is 3.44. The fraction of sp³-hybridized carbons (Fsp3) is 0.263. The van der Waals surface area contributed by atoms with Gasteiger partial charge >= 0.3 is 0 Å². The van der Waals surface area contributed by atoms with Crippen molar-refractivity contribution in [2.75, 3.05) is 41.3 Å². The van der Waals surface area contributed by atoms with Gasteiger partial charge in [0.1, 0.15) is 5.82 Å². The van der Waals surface area contributed by atoms with Crippen LogP contribution in [0, 0.1) is 6.92 Å². The van der Waals surface area contributed by atoms with Gasteiger partial charge < -0.3 is 15.1 Å². The van der Waals surface area contributed by atoms with Gasteiger partial charge in [-0.1, -0.05) is 23.7 Å². The molecule has 3 aromatic rings. The second-order valence-electron chi connectivity index (χ2n) is 6.39. The Morgan fingerprint density at radius 2 is 1.85 bits per heavy atom. The Kier molecular flexibility index (Phi) is 5.02. The maximum absolute atomic E-state index is 6.09. The molecule has 0 spiro atoms. The summed E-state index contributed by atoms with van der Waals surface area (Å²) in [5.41, 5.74) is 2.00. The van der Waals surface area contributed by atoms with E-state index in [1.54, 1.807) is 6.20 Å². The highest BCUT2D eigenvalue weighted by atomic mass is 35.5. The molecule has 138 valence electrons. The second kappa shape index (κ2) is 7.75. The van der Waals surface area contributed by atoms with E-state index >= 15 is 0 Å². The summed E-state index contributed by atoms with van der Waals surface area (Å²) in [5.74, 6) is 2.28. The molecule has 0 saturated carbocycles. The zero-order valence-corrected chi connectivity index (χ0v) is 15.8. The number of pyridine rings is 1. The lowest BCUT2D eigenvalue weighted by atomic mass is 10.2. The lowest BCUT2D eigenvalue weighted by Crippen LogP contribution is -2.47. The molecule has 0 aliphatic carbocycles. The van der Waals surface area contributed by atoms with Gasteiger partial charge in [-0.3, -0.25) is 0 Å². The minimum absolute atomic E-state index is 0.625. The van der Waals surface area contributed by atoms with E-state index in [0.29, 0.717) is 16.8 Å². The molecule has 8 heteroatoms. The van der Waals surface area contributed by atoms with Crippen LogP contribution in [0.25, 0.3) is 0 Å². The number of aryl methyl sites for hydroxylation is 1. The SMILES string of the molecule is Cc1ccc(Cl)cc1Nc1cnnc(N2CCN(c3ccccn3)CC2)n1. The van der Waals surface area contributed by atoms with E-state index in [1.165, 1.54) is 0 Å². The fourth-order valence-electron chi connectivity index (χ4n) is 3.03. The molecule has 0 bridgehead atoms. The molecule has 1 aliphatic heterocycles. The molecule has 1 fully saturated rings. The lowest BCUT2D eigenvalue weighted by molar-refractivity contribution is 0.630. The average Bonchev–Trinajstić information content (AvgIpc) is 2.72. The van der Waals surface area contributed by atoms with Gasteiger partial charge in [0.25, 0.3) is 0 Å². The highest BCUT2D eigenvalue weighted by Gasteiger charge is 2.20. The Morgan fingerprint density at radius 3 is 2.63 bits per heavy atom. The van der Waals surface area contributed by atoms with Crippen molar-refractivity contribution in [1.29, 1.82) is 0 Å². The summed E-state index contributed by atoms with van der Waals surface area (Å²) in [7, 11) is 0. The Balaban J connectivity index is 1.45. The van der Waals surface area contributed by atoms with E-state index in [1.807, 2.05) is 49.5 Å². The van der Waals surface area contributed by atoms with Crippen LogP contribution in [0.5, 0.6) is 0 Å². The van der Waals surface area contributed by atoms with Crippen LogP contribution >= 0.6 is 11.6 Å². The van der Waals surface area contributed by atoms with E-state index in [-0.39, 0.29) is 0 Å². The van der Waals surface area contributed by atoms with Crippen LogP contribution in [0.3, 0.4) is 0 Å². The first kappa shape index (κ1) is 17.5. The lowest BCUT2D eigenvalue weighted by Gasteiger charge is -2.35. The second-order valence-corrected chi connectivity index (χ2v) is 6.82. The molecule has 0 unspecified atom stereocenters. The molecule has 1 N–H and O–H groups in total. The predicted molar refractivity (Wildman–Crippen MR) is 108 cm³/mol. The Hall–Kier alpha value is -2.93. The van der Waals surface area contributed by atoms with Gasteiger partial charge in [-0.2, -0.15) is 10.1 Å². The van der Waals surface area contributed by atoms with E-state index in [0.717, 1.165) is 43.2 Å². The fourth-order valence-corrected chi connectivity index (χ4v) is 3.20. The van der Waals surface area contributed by atoms with Crippen LogP contribution in [0.2, 0.25) is 5.02 Å². The first-order valence-electron chi connectivity index (χ1n) is 8.83. The number of nitrogens with one attached hydrogen (secondary N) is 1. The van der Waals surface area contributed by atoms with Crippen LogP contribution in [-0.4, -0.2) is 46.3 Å². The van der Waals surface area contributed by atoms with Crippen LogP contribution in [-0.2, 0) is 0 Å². The molecule has 1 aromatic carbocycles. The molecule has 0 atom stereocenters. The zero-order valence-electron chi connectivity index (χ0n) is 15.0. The van der Waals surface area contributed by atoms with Gasteiger partial charge in [0, 0.05) is 43.1 Å². The Labute approximate surface area is 163 Å². The number of hydrogen-bond acceptors (Lipinski definition) is 7.